The average Bonchev–Trinajstić information content (AvgIpc) is 3.14. The van der Waals surface area contributed by atoms with Crippen LogP contribution in [0.25, 0.3) is 10.2 Å². The number of carbonyl (C=O) groups excluding carboxylic acids is 1. The van der Waals surface area contributed by atoms with E-state index in [0.29, 0.717) is 17.8 Å². The Morgan fingerprint density at radius 2 is 1.73 bits per heavy atom. The van der Waals surface area contributed by atoms with Crippen molar-refractivity contribution in [2.24, 2.45) is 0 Å². The minimum absolute atomic E-state index is 0.00256. The fraction of sp³-hybridized carbons (Fsp3) is 0.391. The number of thiazole rings is 1. The maximum absolute atomic E-state index is 13.2. The van der Waals surface area contributed by atoms with Crippen LogP contribution in [0.3, 0.4) is 0 Å². The molecular formula is C23H27N3O5S2. The lowest BCUT2D eigenvalue weighted by molar-refractivity contribution is -0.131. The molecule has 176 valence electrons. The molecule has 3 aromatic rings. The predicted molar refractivity (Wildman–Crippen MR) is 129 cm³/mol. The molecule has 2 heterocycles. The summed E-state index contributed by atoms with van der Waals surface area (Å²) in [5.41, 5.74) is 1.63. The number of hydrogen-bond donors (Lipinski definition) is 0. The summed E-state index contributed by atoms with van der Waals surface area (Å²) in [4.78, 5) is 26.7. The standard InChI is InChI=1S/C23H27N3O5S2/c1-16(2)26-20-9-8-19(15-21(20)32-23(26)28)33(29,30)25-12-10-24(11-13-25)22(27)14-17-4-6-18(31-3)7-5-17/h4-9,15-16H,10-14H2,1-3H3. The van der Waals surface area contributed by atoms with Crippen molar-refractivity contribution in [3.05, 3.63) is 57.7 Å². The number of aromatic nitrogens is 1. The summed E-state index contributed by atoms with van der Waals surface area (Å²) in [6, 6.07) is 12.2. The smallest absolute Gasteiger partial charge is 0.308 e. The van der Waals surface area contributed by atoms with Gasteiger partial charge in [-0.1, -0.05) is 23.5 Å². The van der Waals surface area contributed by atoms with Crippen molar-refractivity contribution in [3.8, 4) is 5.75 Å². The van der Waals surface area contributed by atoms with Gasteiger partial charge in [0.2, 0.25) is 15.9 Å². The molecular weight excluding hydrogens is 462 g/mol. The summed E-state index contributed by atoms with van der Waals surface area (Å²) < 4.78 is 35.3. The Morgan fingerprint density at radius 3 is 2.33 bits per heavy atom. The molecule has 0 saturated carbocycles. The van der Waals surface area contributed by atoms with E-state index in [2.05, 4.69) is 0 Å². The number of piperazine rings is 1. The van der Waals surface area contributed by atoms with Crippen LogP contribution in [0, 0.1) is 0 Å². The van der Waals surface area contributed by atoms with Crippen LogP contribution in [0.1, 0.15) is 25.5 Å². The summed E-state index contributed by atoms with van der Waals surface area (Å²) in [5, 5.41) is 0. The molecule has 1 aromatic heterocycles. The van der Waals surface area contributed by atoms with E-state index in [9.17, 15) is 18.0 Å². The number of rotatable bonds is 6. The van der Waals surface area contributed by atoms with Gasteiger partial charge >= 0.3 is 4.87 Å². The molecule has 0 atom stereocenters. The molecule has 0 unspecified atom stereocenters. The first-order chi connectivity index (χ1) is 15.7. The molecule has 1 aliphatic heterocycles. The van der Waals surface area contributed by atoms with Gasteiger partial charge in [-0.2, -0.15) is 4.31 Å². The van der Waals surface area contributed by atoms with Crippen molar-refractivity contribution < 1.29 is 17.9 Å². The summed E-state index contributed by atoms with van der Waals surface area (Å²) in [6.45, 7) is 5.00. The third-order valence-corrected chi connectivity index (χ3v) is 8.66. The van der Waals surface area contributed by atoms with E-state index in [0.717, 1.165) is 28.2 Å². The van der Waals surface area contributed by atoms with Crippen molar-refractivity contribution in [2.75, 3.05) is 33.3 Å². The Balaban J connectivity index is 1.44. The topological polar surface area (TPSA) is 88.9 Å². The molecule has 1 amide bonds. The number of amides is 1. The minimum atomic E-state index is -3.72. The van der Waals surface area contributed by atoms with Crippen LogP contribution in [-0.2, 0) is 21.2 Å². The second kappa shape index (κ2) is 9.28. The molecule has 0 aliphatic carbocycles. The summed E-state index contributed by atoms with van der Waals surface area (Å²) in [7, 11) is -2.12. The quantitative estimate of drug-likeness (QED) is 0.531. The fourth-order valence-corrected chi connectivity index (χ4v) is 6.60. The molecule has 1 aliphatic rings. The largest absolute Gasteiger partial charge is 0.497 e. The van der Waals surface area contributed by atoms with Gasteiger partial charge in [-0.25, -0.2) is 8.42 Å². The van der Waals surface area contributed by atoms with Crippen LogP contribution < -0.4 is 9.61 Å². The van der Waals surface area contributed by atoms with Crippen LogP contribution >= 0.6 is 11.3 Å². The van der Waals surface area contributed by atoms with E-state index < -0.39 is 10.0 Å². The van der Waals surface area contributed by atoms with Crippen molar-refractivity contribution in [1.82, 2.24) is 13.8 Å². The Morgan fingerprint density at radius 1 is 1.06 bits per heavy atom. The van der Waals surface area contributed by atoms with E-state index >= 15 is 0 Å². The Kier molecular flexibility index (Phi) is 6.60. The number of fused-ring (bicyclic) bond motifs is 1. The third kappa shape index (κ3) is 4.68. The molecule has 33 heavy (non-hydrogen) atoms. The maximum atomic E-state index is 13.2. The van der Waals surface area contributed by atoms with Gasteiger partial charge < -0.3 is 9.64 Å². The number of ether oxygens (including phenoxy) is 1. The van der Waals surface area contributed by atoms with Gasteiger partial charge in [-0.05, 0) is 49.7 Å². The number of benzene rings is 2. The predicted octanol–water partition coefficient (Wildman–Crippen LogP) is 2.73. The van der Waals surface area contributed by atoms with Gasteiger partial charge in [0, 0.05) is 32.2 Å². The summed E-state index contributed by atoms with van der Waals surface area (Å²) in [6.07, 6.45) is 0.263. The van der Waals surface area contributed by atoms with Crippen molar-refractivity contribution in [2.45, 2.75) is 31.2 Å². The van der Waals surface area contributed by atoms with Crippen molar-refractivity contribution >= 4 is 37.5 Å². The molecule has 1 fully saturated rings. The van der Waals surface area contributed by atoms with E-state index in [-0.39, 0.29) is 41.2 Å². The first-order valence-electron chi connectivity index (χ1n) is 10.8. The molecule has 0 bridgehead atoms. The molecule has 2 aromatic carbocycles. The SMILES string of the molecule is COc1ccc(CC(=O)N2CCN(S(=O)(=O)c3ccc4c(c3)sc(=O)n4C(C)C)CC2)cc1. The second-order valence-electron chi connectivity index (χ2n) is 8.27. The van der Waals surface area contributed by atoms with Crippen molar-refractivity contribution in [3.63, 3.8) is 0 Å². The molecule has 10 heteroatoms. The molecule has 4 rings (SSSR count). The van der Waals surface area contributed by atoms with Gasteiger partial charge in [0.25, 0.3) is 0 Å². The third-order valence-electron chi connectivity index (χ3n) is 5.84. The minimum Gasteiger partial charge on any atom is -0.497 e. The molecule has 8 nitrogen and oxygen atoms in total. The number of nitrogens with zero attached hydrogens (tertiary/aromatic N) is 3. The highest BCUT2D eigenvalue weighted by molar-refractivity contribution is 7.89. The Bertz CT molecular complexity index is 1320. The van der Waals surface area contributed by atoms with Crippen molar-refractivity contribution in [1.29, 1.82) is 0 Å². The highest BCUT2D eigenvalue weighted by atomic mass is 32.2. The highest BCUT2D eigenvalue weighted by Crippen LogP contribution is 2.26. The maximum Gasteiger partial charge on any atom is 0.308 e. The first-order valence-corrected chi connectivity index (χ1v) is 13.0. The fourth-order valence-electron chi connectivity index (χ4n) is 4.02. The zero-order valence-electron chi connectivity index (χ0n) is 18.9. The molecule has 1 saturated heterocycles. The average molecular weight is 490 g/mol. The lowest BCUT2D eigenvalue weighted by Crippen LogP contribution is -2.50. The number of sulfonamides is 1. The van der Waals surface area contributed by atoms with Crippen LogP contribution in [-0.4, -0.2) is 61.4 Å². The van der Waals surface area contributed by atoms with Crippen LogP contribution in [0.2, 0.25) is 0 Å². The highest BCUT2D eigenvalue weighted by Gasteiger charge is 2.30. The van der Waals surface area contributed by atoms with E-state index in [4.69, 9.17) is 4.74 Å². The van der Waals surface area contributed by atoms with E-state index in [1.54, 1.807) is 34.8 Å². The lowest BCUT2D eigenvalue weighted by atomic mass is 10.1. The second-order valence-corrected chi connectivity index (χ2v) is 11.2. The van der Waals surface area contributed by atoms with Gasteiger partial charge in [0.15, 0.2) is 0 Å². The number of carbonyl (C=O) groups is 1. The molecule has 0 N–H and O–H groups in total. The van der Waals surface area contributed by atoms with E-state index in [1.165, 1.54) is 4.31 Å². The first kappa shape index (κ1) is 23.5. The number of methoxy groups -OCH3 is 1. The Hall–Kier alpha value is -2.69. The normalized spacial score (nSPS) is 15.3. The zero-order chi connectivity index (χ0) is 23.8. The van der Waals surface area contributed by atoms with Crippen LogP contribution in [0.4, 0.5) is 0 Å². The Labute approximate surface area is 197 Å². The van der Waals surface area contributed by atoms with Gasteiger partial charge in [-0.15, -0.1) is 0 Å². The molecule has 0 spiro atoms. The lowest BCUT2D eigenvalue weighted by Gasteiger charge is -2.34. The monoisotopic (exact) mass is 489 g/mol. The van der Waals surface area contributed by atoms with Gasteiger partial charge in [-0.3, -0.25) is 14.2 Å². The van der Waals surface area contributed by atoms with E-state index in [1.807, 2.05) is 38.1 Å². The molecule has 0 radical (unpaired) electrons. The summed E-state index contributed by atoms with van der Waals surface area (Å²) >= 11 is 1.06. The summed E-state index contributed by atoms with van der Waals surface area (Å²) in [5.74, 6) is 0.703. The van der Waals surface area contributed by atoms with Crippen LogP contribution in [0.5, 0.6) is 5.75 Å². The number of hydrogen-bond acceptors (Lipinski definition) is 6. The van der Waals surface area contributed by atoms with Gasteiger partial charge in [0.05, 0.1) is 28.6 Å². The van der Waals surface area contributed by atoms with Crippen LogP contribution in [0.15, 0.2) is 52.2 Å². The zero-order valence-corrected chi connectivity index (χ0v) is 20.5. The van der Waals surface area contributed by atoms with Gasteiger partial charge in [0.1, 0.15) is 5.75 Å².